The van der Waals surface area contributed by atoms with Crippen molar-refractivity contribution in [2.45, 2.75) is 13.5 Å². The number of para-hydroxylation sites is 2. The van der Waals surface area contributed by atoms with Crippen molar-refractivity contribution in [3.63, 3.8) is 0 Å². The number of fused-ring (bicyclic) bond motifs is 1. The topological polar surface area (TPSA) is 92.4 Å². The van der Waals surface area contributed by atoms with Gasteiger partial charge in [0.2, 0.25) is 0 Å². The lowest BCUT2D eigenvalue weighted by Gasteiger charge is -2.16. The minimum atomic E-state index is -0.685. The van der Waals surface area contributed by atoms with E-state index < -0.39 is 17.2 Å². The largest absolute Gasteiger partial charge is 0.465 e. The number of rotatable bonds is 6. The molecule has 0 saturated heterocycles. The van der Waals surface area contributed by atoms with Crippen LogP contribution in [0.5, 0.6) is 11.5 Å². The highest BCUT2D eigenvalue weighted by Crippen LogP contribution is 2.23. The Balaban J connectivity index is 1.71. The van der Waals surface area contributed by atoms with Crippen LogP contribution in [-0.2, 0) is 11.3 Å². The summed E-state index contributed by atoms with van der Waals surface area (Å²) in [6.45, 7) is 1.65. The molecule has 5 rings (SSSR count). The molecule has 37 heavy (non-hydrogen) atoms. The number of carbonyl (C=O) groups excluding carboxylic acids is 1. The van der Waals surface area contributed by atoms with E-state index in [4.69, 9.17) is 9.47 Å². The van der Waals surface area contributed by atoms with Crippen LogP contribution >= 0.6 is 0 Å². The monoisotopic (exact) mass is 493 g/mol. The summed E-state index contributed by atoms with van der Waals surface area (Å²) in [6.07, 6.45) is 0. The normalized spacial score (nSPS) is 10.9. The first kappa shape index (κ1) is 23.7. The van der Waals surface area contributed by atoms with Crippen molar-refractivity contribution in [3.05, 3.63) is 129 Å². The molecular formula is C29H23N3O5. The lowest BCUT2D eigenvalue weighted by atomic mass is 10.1. The minimum Gasteiger partial charge on any atom is -0.465 e. The molecule has 5 aromatic rings. The Morgan fingerprint density at radius 2 is 1.54 bits per heavy atom. The van der Waals surface area contributed by atoms with Gasteiger partial charge < -0.3 is 9.47 Å². The van der Waals surface area contributed by atoms with Gasteiger partial charge in [-0.05, 0) is 55.0 Å². The van der Waals surface area contributed by atoms with Gasteiger partial charge >= 0.3 is 11.7 Å². The Kier molecular flexibility index (Phi) is 6.38. The van der Waals surface area contributed by atoms with Crippen LogP contribution in [0.4, 0.5) is 0 Å². The van der Waals surface area contributed by atoms with Crippen molar-refractivity contribution in [3.8, 4) is 17.2 Å². The summed E-state index contributed by atoms with van der Waals surface area (Å²) in [7, 11) is 1.24. The fourth-order valence-electron chi connectivity index (χ4n) is 4.20. The van der Waals surface area contributed by atoms with Crippen LogP contribution in [0.3, 0.4) is 0 Å². The zero-order valence-electron chi connectivity index (χ0n) is 20.3. The Morgan fingerprint density at radius 3 is 2.24 bits per heavy atom. The van der Waals surface area contributed by atoms with E-state index in [1.54, 1.807) is 55.5 Å². The third-order valence-electron chi connectivity index (χ3n) is 5.86. The quantitative estimate of drug-likeness (QED) is 0.324. The average Bonchev–Trinajstić information content (AvgIpc) is 2.91. The number of nitrogens with zero attached hydrogens (tertiary/aromatic N) is 3. The number of hydrogen-bond acceptors (Lipinski definition) is 6. The average molecular weight is 494 g/mol. The van der Waals surface area contributed by atoms with E-state index in [2.05, 4.69) is 4.98 Å². The molecular weight excluding hydrogens is 470 g/mol. The van der Waals surface area contributed by atoms with Gasteiger partial charge in [0, 0.05) is 5.69 Å². The predicted molar refractivity (Wildman–Crippen MR) is 140 cm³/mol. The Hall–Kier alpha value is -4.98. The number of aromatic nitrogens is 3. The second-order valence-corrected chi connectivity index (χ2v) is 8.41. The zero-order chi connectivity index (χ0) is 25.9. The number of methoxy groups -OCH3 is 1. The Labute approximate surface area is 212 Å². The lowest BCUT2D eigenvalue weighted by Crippen LogP contribution is -2.40. The van der Waals surface area contributed by atoms with Crippen LogP contribution in [0.2, 0.25) is 0 Å². The molecule has 0 bridgehead atoms. The number of carbonyl (C=O) groups is 1. The van der Waals surface area contributed by atoms with Gasteiger partial charge in [-0.2, -0.15) is 0 Å². The van der Waals surface area contributed by atoms with Crippen molar-refractivity contribution in [2.75, 3.05) is 7.11 Å². The first-order chi connectivity index (χ1) is 18.0. The maximum atomic E-state index is 13.8. The van der Waals surface area contributed by atoms with E-state index >= 15 is 0 Å². The number of aryl methyl sites for hydroxylation is 1. The molecule has 8 heteroatoms. The van der Waals surface area contributed by atoms with Crippen molar-refractivity contribution in [1.82, 2.24) is 14.1 Å². The summed E-state index contributed by atoms with van der Waals surface area (Å²) < 4.78 is 13.3. The van der Waals surface area contributed by atoms with Gasteiger partial charge in [-0.15, -0.1) is 0 Å². The number of hydrogen-bond donors (Lipinski definition) is 0. The second kappa shape index (κ2) is 9.94. The summed E-state index contributed by atoms with van der Waals surface area (Å²) in [5.41, 5.74) is 0.600. The predicted octanol–water partition coefficient (Wildman–Crippen LogP) is 4.48. The van der Waals surface area contributed by atoms with E-state index in [9.17, 15) is 14.4 Å². The summed E-state index contributed by atoms with van der Waals surface area (Å²) in [6, 6.07) is 26.8. The molecule has 0 saturated carbocycles. The van der Waals surface area contributed by atoms with Gasteiger partial charge in [0.25, 0.3) is 5.56 Å². The molecule has 3 aromatic carbocycles. The van der Waals surface area contributed by atoms with Gasteiger partial charge in [0.15, 0.2) is 5.65 Å². The molecule has 0 aliphatic rings. The minimum absolute atomic E-state index is 0.0117. The fraction of sp³-hybridized carbons (Fsp3) is 0.103. The summed E-state index contributed by atoms with van der Waals surface area (Å²) in [5, 5.41) is 0.0117. The smallest absolute Gasteiger partial charge is 0.338 e. The van der Waals surface area contributed by atoms with Gasteiger partial charge in [-0.1, -0.05) is 48.5 Å². The zero-order valence-corrected chi connectivity index (χ0v) is 20.3. The lowest BCUT2D eigenvalue weighted by molar-refractivity contribution is 0.0602. The Morgan fingerprint density at radius 1 is 0.865 bits per heavy atom. The molecule has 2 aromatic heterocycles. The highest BCUT2D eigenvalue weighted by molar-refractivity contribution is 6.02. The summed E-state index contributed by atoms with van der Waals surface area (Å²) in [4.78, 5) is 44.7. The standard InChI is InChI=1S/C29H23N3O5/c1-19-16-24(28(34)36-2)25-26(30-19)32(21-11-5-3-6-12-21)29(35)31(27(25)33)18-20-10-9-15-23(17-20)37-22-13-7-4-8-14-22/h3-17H,18H2,1-2H3. The van der Waals surface area contributed by atoms with Crippen LogP contribution in [-0.4, -0.2) is 27.2 Å². The van der Waals surface area contributed by atoms with E-state index in [-0.39, 0.29) is 23.1 Å². The van der Waals surface area contributed by atoms with Crippen molar-refractivity contribution in [1.29, 1.82) is 0 Å². The molecule has 0 radical (unpaired) electrons. The van der Waals surface area contributed by atoms with Crippen molar-refractivity contribution >= 4 is 17.0 Å². The van der Waals surface area contributed by atoms with E-state index in [1.807, 2.05) is 36.4 Å². The first-order valence-corrected chi connectivity index (χ1v) is 11.6. The molecule has 0 spiro atoms. The molecule has 0 fully saturated rings. The molecule has 8 nitrogen and oxygen atoms in total. The summed E-state index contributed by atoms with van der Waals surface area (Å²) in [5.74, 6) is 0.544. The van der Waals surface area contributed by atoms with Gasteiger partial charge in [0.1, 0.15) is 11.5 Å². The molecule has 0 N–H and O–H groups in total. The van der Waals surface area contributed by atoms with E-state index in [0.29, 0.717) is 28.4 Å². The maximum absolute atomic E-state index is 13.8. The SMILES string of the molecule is COC(=O)c1cc(C)nc2c1c(=O)n(Cc1cccc(Oc3ccccc3)c1)c(=O)n2-c1ccccc1. The molecule has 0 unspecified atom stereocenters. The molecule has 184 valence electrons. The van der Waals surface area contributed by atoms with Gasteiger partial charge in [0.05, 0.1) is 30.3 Å². The van der Waals surface area contributed by atoms with Gasteiger partial charge in [-0.25, -0.2) is 19.1 Å². The number of pyridine rings is 1. The van der Waals surface area contributed by atoms with Crippen LogP contribution in [0.15, 0.2) is 101 Å². The molecule has 0 atom stereocenters. The first-order valence-electron chi connectivity index (χ1n) is 11.6. The van der Waals surface area contributed by atoms with Crippen LogP contribution < -0.4 is 16.0 Å². The molecule has 2 heterocycles. The highest BCUT2D eigenvalue weighted by Gasteiger charge is 2.23. The number of benzene rings is 3. The van der Waals surface area contributed by atoms with Crippen LogP contribution in [0, 0.1) is 6.92 Å². The second-order valence-electron chi connectivity index (χ2n) is 8.41. The van der Waals surface area contributed by atoms with E-state index in [1.165, 1.54) is 17.7 Å². The third kappa shape index (κ3) is 4.64. The number of esters is 1. The highest BCUT2D eigenvalue weighted by atomic mass is 16.5. The summed E-state index contributed by atoms with van der Waals surface area (Å²) >= 11 is 0. The Bertz CT molecular complexity index is 1720. The van der Waals surface area contributed by atoms with Crippen molar-refractivity contribution in [2.24, 2.45) is 0 Å². The fourth-order valence-corrected chi connectivity index (χ4v) is 4.20. The van der Waals surface area contributed by atoms with E-state index in [0.717, 1.165) is 4.57 Å². The van der Waals surface area contributed by atoms with Gasteiger partial charge in [-0.3, -0.25) is 9.36 Å². The third-order valence-corrected chi connectivity index (χ3v) is 5.86. The molecule has 0 aliphatic heterocycles. The van der Waals surface area contributed by atoms with Crippen LogP contribution in [0.1, 0.15) is 21.6 Å². The maximum Gasteiger partial charge on any atom is 0.338 e. The molecule has 0 aliphatic carbocycles. The molecule has 0 amide bonds. The van der Waals surface area contributed by atoms with Crippen LogP contribution in [0.25, 0.3) is 16.7 Å². The van der Waals surface area contributed by atoms with Crippen molar-refractivity contribution < 1.29 is 14.3 Å². The number of ether oxygens (including phenoxy) is 2.